The van der Waals surface area contributed by atoms with Gasteiger partial charge in [-0.25, -0.2) is 0 Å². The quantitative estimate of drug-likeness (QED) is 0.580. The minimum absolute atomic E-state index is 0.194. The molecule has 0 saturated heterocycles. The summed E-state index contributed by atoms with van der Waals surface area (Å²) in [6.07, 6.45) is 6.72. The van der Waals surface area contributed by atoms with Gasteiger partial charge in [-0.2, -0.15) is 0 Å². The average molecular weight is 261 g/mol. The van der Waals surface area contributed by atoms with Crippen LogP contribution in [0.2, 0.25) is 0 Å². The van der Waals surface area contributed by atoms with E-state index in [1.165, 1.54) is 43.4 Å². The van der Waals surface area contributed by atoms with Gasteiger partial charge in [0.15, 0.2) is 0 Å². The molecule has 0 radical (unpaired) electrons. The highest BCUT2D eigenvalue weighted by Crippen LogP contribution is 2.24. The lowest BCUT2D eigenvalue weighted by molar-refractivity contribution is 0.486. The lowest BCUT2D eigenvalue weighted by atomic mass is 10.0. The molecule has 0 aromatic heterocycles. The lowest BCUT2D eigenvalue weighted by Gasteiger charge is -2.38. The molecule has 0 aliphatic carbocycles. The molecule has 1 aromatic carbocycles. The fourth-order valence-electron chi connectivity index (χ4n) is 2.45. The molecule has 1 heteroatoms. The fourth-order valence-corrected chi connectivity index (χ4v) is 2.45. The van der Waals surface area contributed by atoms with E-state index in [1.54, 1.807) is 0 Å². The van der Waals surface area contributed by atoms with Crippen molar-refractivity contribution in [1.29, 1.82) is 0 Å². The second-order valence-corrected chi connectivity index (χ2v) is 6.57. The maximum Gasteiger partial charge on any atom is 0.0370 e. The standard InChI is InChI=1S/C18H31N/c1-6-7-8-9-10-15-19(18(3,4)5)17-13-11-16(2)12-14-17/h11-14H,6-10,15H2,1-5H3. The van der Waals surface area contributed by atoms with E-state index >= 15 is 0 Å². The number of hydrogen-bond donors (Lipinski definition) is 0. The minimum Gasteiger partial charge on any atom is -0.367 e. The van der Waals surface area contributed by atoms with E-state index in [1.807, 2.05) is 0 Å². The second kappa shape index (κ2) is 7.57. The Hall–Kier alpha value is -0.980. The fraction of sp³-hybridized carbons (Fsp3) is 0.667. The van der Waals surface area contributed by atoms with Crippen molar-refractivity contribution in [2.45, 2.75) is 72.3 Å². The number of nitrogens with zero attached hydrogens (tertiary/aromatic N) is 1. The third-order valence-corrected chi connectivity index (χ3v) is 3.64. The predicted molar refractivity (Wildman–Crippen MR) is 87.0 cm³/mol. The summed E-state index contributed by atoms with van der Waals surface area (Å²) in [5, 5.41) is 0. The molecule has 0 unspecified atom stereocenters. The first kappa shape index (κ1) is 16.1. The summed E-state index contributed by atoms with van der Waals surface area (Å²) in [6.45, 7) is 12.5. The van der Waals surface area contributed by atoms with Crippen LogP contribution in [-0.2, 0) is 0 Å². The van der Waals surface area contributed by atoms with Gasteiger partial charge in [0, 0.05) is 17.8 Å². The second-order valence-electron chi connectivity index (χ2n) is 6.57. The van der Waals surface area contributed by atoms with Crippen LogP contribution in [0, 0.1) is 6.92 Å². The Kier molecular flexibility index (Phi) is 6.41. The van der Waals surface area contributed by atoms with Crippen LogP contribution in [0.15, 0.2) is 24.3 Å². The molecule has 0 spiro atoms. The number of unbranched alkanes of at least 4 members (excludes halogenated alkanes) is 4. The topological polar surface area (TPSA) is 3.24 Å². The van der Waals surface area contributed by atoms with Gasteiger partial charge in [-0.15, -0.1) is 0 Å². The number of aryl methyl sites for hydroxylation is 1. The highest BCUT2D eigenvalue weighted by atomic mass is 15.2. The molecule has 0 aliphatic rings. The Balaban J connectivity index is 2.60. The molecule has 0 bridgehead atoms. The van der Waals surface area contributed by atoms with Gasteiger partial charge in [0.25, 0.3) is 0 Å². The van der Waals surface area contributed by atoms with Gasteiger partial charge >= 0.3 is 0 Å². The Morgan fingerprint density at radius 3 is 2.00 bits per heavy atom. The van der Waals surface area contributed by atoms with Crippen LogP contribution >= 0.6 is 0 Å². The van der Waals surface area contributed by atoms with E-state index in [9.17, 15) is 0 Å². The van der Waals surface area contributed by atoms with Crippen molar-refractivity contribution in [3.8, 4) is 0 Å². The van der Waals surface area contributed by atoms with Gasteiger partial charge < -0.3 is 4.90 Å². The van der Waals surface area contributed by atoms with Gasteiger partial charge in [-0.1, -0.05) is 50.3 Å². The zero-order chi connectivity index (χ0) is 14.3. The minimum atomic E-state index is 0.194. The average Bonchev–Trinajstić information content (AvgIpc) is 2.34. The van der Waals surface area contributed by atoms with Crippen LogP contribution in [0.1, 0.15) is 65.4 Å². The van der Waals surface area contributed by atoms with Crippen molar-refractivity contribution in [2.75, 3.05) is 11.4 Å². The number of hydrogen-bond acceptors (Lipinski definition) is 1. The first-order valence-electron chi connectivity index (χ1n) is 7.79. The summed E-state index contributed by atoms with van der Waals surface area (Å²) in [5.41, 5.74) is 2.88. The zero-order valence-corrected chi connectivity index (χ0v) is 13.5. The SMILES string of the molecule is CCCCCCCN(c1ccc(C)cc1)C(C)(C)C. The Morgan fingerprint density at radius 2 is 1.47 bits per heavy atom. The molecular formula is C18H31N. The maximum absolute atomic E-state index is 2.54. The van der Waals surface area contributed by atoms with Crippen molar-refractivity contribution in [3.05, 3.63) is 29.8 Å². The molecule has 0 amide bonds. The highest BCUT2D eigenvalue weighted by Gasteiger charge is 2.20. The van der Waals surface area contributed by atoms with E-state index < -0.39 is 0 Å². The molecule has 0 saturated carbocycles. The molecule has 1 aromatic rings. The Labute approximate surface area is 120 Å². The molecule has 1 nitrogen and oxygen atoms in total. The predicted octanol–water partition coefficient (Wildman–Crippen LogP) is 5.57. The summed E-state index contributed by atoms with van der Waals surface area (Å²) in [7, 11) is 0. The van der Waals surface area contributed by atoms with Gasteiger partial charge in [-0.05, 0) is 46.2 Å². The molecule has 0 atom stereocenters. The van der Waals surface area contributed by atoms with Gasteiger partial charge in [0.1, 0.15) is 0 Å². The summed E-state index contributed by atoms with van der Waals surface area (Å²) in [4.78, 5) is 2.54. The van der Waals surface area contributed by atoms with Crippen LogP contribution in [0.4, 0.5) is 5.69 Å². The molecule has 0 heterocycles. The third-order valence-electron chi connectivity index (χ3n) is 3.64. The highest BCUT2D eigenvalue weighted by molar-refractivity contribution is 5.49. The Morgan fingerprint density at radius 1 is 0.895 bits per heavy atom. The number of rotatable bonds is 7. The van der Waals surface area contributed by atoms with Gasteiger partial charge in [0.05, 0.1) is 0 Å². The van der Waals surface area contributed by atoms with Crippen molar-refractivity contribution in [1.82, 2.24) is 0 Å². The maximum atomic E-state index is 2.54. The van der Waals surface area contributed by atoms with Crippen molar-refractivity contribution < 1.29 is 0 Å². The zero-order valence-electron chi connectivity index (χ0n) is 13.5. The Bertz CT molecular complexity index is 345. The van der Waals surface area contributed by atoms with E-state index in [2.05, 4.69) is 63.8 Å². The summed E-state index contributed by atoms with van der Waals surface area (Å²) in [5.74, 6) is 0. The van der Waals surface area contributed by atoms with E-state index in [4.69, 9.17) is 0 Å². The third kappa shape index (κ3) is 5.67. The van der Waals surface area contributed by atoms with Crippen molar-refractivity contribution >= 4 is 5.69 Å². The summed E-state index contributed by atoms with van der Waals surface area (Å²) in [6, 6.07) is 8.94. The smallest absolute Gasteiger partial charge is 0.0370 e. The normalized spacial score (nSPS) is 11.6. The first-order chi connectivity index (χ1) is 8.95. The van der Waals surface area contributed by atoms with Crippen LogP contribution in [0.25, 0.3) is 0 Å². The molecular weight excluding hydrogens is 230 g/mol. The number of benzene rings is 1. The van der Waals surface area contributed by atoms with Crippen LogP contribution in [0.5, 0.6) is 0 Å². The molecule has 0 aliphatic heterocycles. The largest absolute Gasteiger partial charge is 0.367 e. The van der Waals surface area contributed by atoms with E-state index in [0.29, 0.717) is 0 Å². The summed E-state index contributed by atoms with van der Waals surface area (Å²) >= 11 is 0. The van der Waals surface area contributed by atoms with Crippen molar-refractivity contribution in [2.24, 2.45) is 0 Å². The molecule has 1 rings (SSSR count). The molecule has 108 valence electrons. The molecule has 0 N–H and O–H groups in total. The van der Waals surface area contributed by atoms with E-state index in [0.717, 1.165) is 6.54 Å². The number of anilines is 1. The van der Waals surface area contributed by atoms with Gasteiger partial charge in [0.2, 0.25) is 0 Å². The van der Waals surface area contributed by atoms with E-state index in [-0.39, 0.29) is 5.54 Å². The van der Waals surface area contributed by atoms with Gasteiger partial charge in [-0.3, -0.25) is 0 Å². The lowest BCUT2D eigenvalue weighted by Crippen LogP contribution is -2.42. The first-order valence-corrected chi connectivity index (χ1v) is 7.79. The monoisotopic (exact) mass is 261 g/mol. The van der Waals surface area contributed by atoms with Crippen molar-refractivity contribution in [3.63, 3.8) is 0 Å². The van der Waals surface area contributed by atoms with Crippen LogP contribution < -0.4 is 4.90 Å². The van der Waals surface area contributed by atoms with Crippen LogP contribution in [0.3, 0.4) is 0 Å². The van der Waals surface area contributed by atoms with Crippen LogP contribution in [-0.4, -0.2) is 12.1 Å². The summed E-state index contributed by atoms with van der Waals surface area (Å²) < 4.78 is 0. The molecule has 19 heavy (non-hydrogen) atoms. The molecule has 0 fully saturated rings.